The molecule has 5 rings (SSSR count). The first kappa shape index (κ1) is 24.4. The average molecular weight is 498 g/mol. The van der Waals surface area contributed by atoms with Crippen molar-refractivity contribution in [2.75, 3.05) is 27.3 Å². The van der Waals surface area contributed by atoms with Gasteiger partial charge in [-0.2, -0.15) is 0 Å². The normalized spacial score (nSPS) is 15.7. The molecule has 1 fully saturated rings. The molecule has 0 radical (unpaired) electrons. The number of piperazine rings is 1. The van der Waals surface area contributed by atoms with Crippen molar-refractivity contribution >= 4 is 22.7 Å². The lowest BCUT2D eigenvalue weighted by Crippen LogP contribution is -2.57. The molecule has 7 nitrogen and oxygen atoms in total. The predicted octanol–water partition coefficient (Wildman–Crippen LogP) is 4.67. The monoisotopic (exact) mass is 497 g/mol. The highest BCUT2D eigenvalue weighted by Gasteiger charge is 2.35. The zero-order valence-electron chi connectivity index (χ0n) is 21.1. The van der Waals surface area contributed by atoms with Gasteiger partial charge in [-0.3, -0.25) is 9.59 Å². The summed E-state index contributed by atoms with van der Waals surface area (Å²) in [7, 11) is 3.25. The molecule has 0 aliphatic carbocycles. The molecule has 190 valence electrons. The van der Waals surface area contributed by atoms with Crippen molar-refractivity contribution in [2.24, 2.45) is 0 Å². The smallest absolute Gasteiger partial charge is 0.270 e. The minimum absolute atomic E-state index is 0.0450. The third-order valence-corrected chi connectivity index (χ3v) is 6.96. The fraction of sp³-hybridized carbons (Fsp3) is 0.267. The molecule has 4 aromatic rings. The Labute approximate surface area is 216 Å². The van der Waals surface area contributed by atoms with Crippen LogP contribution in [0.2, 0.25) is 0 Å². The van der Waals surface area contributed by atoms with E-state index < -0.39 is 0 Å². The standard InChI is InChI=1S/C30H31N3O4/c1-36-25-10-6-9-22(15-25)18-33-24(12-11-21-7-4-3-5-8-21)19-32(20-29(33)34)30(35)28-17-23-16-26(37-2)13-14-27(23)31-28/h3-10,13-17,24,31H,11-12,18-20H2,1-2H3/t24-/m0/s1. The summed E-state index contributed by atoms with van der Waals surface area (Å²) in [5, 5.41) is 0.895. The number of hydrogen-bond donors (Lipinski definition) is 1. The number of ether oxygens (including phenoxy) is 2. The van der Waals surface area contributed by atoms with E-state index in [0.717, 1.165) is 40.8 Å². The van der Waals surface area contributed by atoms with Gasteiger partial charge in [0.1, 0.15) is 23.7 Å². The SMILES string of the molecule is COc1cccc(CN2C(=O)CN(C(=O)c3cc4cc(OC)ccc4[nH]3)C[C@@H]2CCc2ccccc2)c1. The first-order valence-electron chi connectivity index (χ1n) is 12.5. The van der Waals surface area contributed by atoms with Gasteiger partial charge >= 0.3 is 0 Å². The first-order valence-corrected chi connectivity index (χ1v) is 12.5. The number of carbonyl (C=O) groups excluding carboxylic acids is 2. The summed E-state index contributed by atoms with van der Waals surface area (Å²) in [5.74, 6) is 1.26. The Hall–Kier alpha value is -4.26. The summed E-state index contributed by atoms with van der Waals surface area (Å²) in [4.78, 5) is 33.8. The van der Waals surface area contributed by atoms with E-state index in [0.29, 0.717) is 18.8 Å². The molecule has 1 saturated heterocycles. The van der Waals surface area contributed by atoms with Crippen LogP contribution in [0.1, 0.15) is 28.0 Å². The molecular weight excluding hydrogens is 466 g/mol. The van der Waals surface area contributed by atoms with E-state index in [1.54, 1.807) is 19.1 Å². The van der Waals surface area contributed by atoms with Crippen LogP contribution in [0.5, 0.6) is 11.5 Å². The highest BCUT2D eigenvalue weighted by atomic mass is 16.5. The highest BCUT2D eigenvalue weighted by molar-refractivity contribution is 6.00. The average Bonchev–Trinajstić information content (AvgIpc) is 3.37. The molecule has 1 aliphatic rings. The molecule has 2 heterocycles. The second-order valence-electron chi connectivity index (χ2n) is 9.37. The zero-order chi connectivity index (χ0) is 25.8. The Morgan fingerprint density at radius 2 is 1.68 bits per heavy atom. The molecular formula is C30H31N3O4. The van der Waals surface area contributed by atoms with Gasteiger partial charge in [-0.15, -0.1) is 0 Å². The van der Waals surface area contributed by atoms with Gasteiger partial charge in [-0.25, -0.2) is 0 Å². The fourth-order valence-electron chi connectivity index (χ4n) is 4.96. The summed E-state index contributed by atoms with van der Waals surface area (Å²) in [6.45, 7) is 0.993. The third-order valence-electron chi connectivity index (χ3n) is 6.96. The largest absolute Gasteiger partial charge is 0.497 e. The first-order chi connectivity index (χ1) is 18.0. The van der Waals surface area contributed by atoms with Crippen LogP contribution < -0.4 is 9.47 Å². The number of fused-ring (bicyclic) bond motifs is 1. The van der Waals surface area contributed by atoms with Crippen LogP contribution in [-0.2, 0) is 17.8 Å². The van der Waals surface area contributed by atoms with Gasteiger partial charge < -0.3 is 24.3 Å². The molecule has 1 aliphatic heterocycles. The lowest BCUT2D eigenvalue weighted by Gasteiger charge is -2.41. The predicted molar refractivity (Wildman–Crippen MR) is 143 cm³/mol. The summed E-state index contributed by atoms with van der Waals surface area (Å²) < 4.78 is 10.7. The van der Waals surface area contributed by atoms with E-state index >= 15 is 0 Å². The van der Waals surface area contributed by atoms with Gasteiger partial charge in [0, 0.05) is 24.0 Å². The Balaban J connectivity index is 1.38. The molecule has 0 bridgehead atoms. The number of aromatic amines is 1. The van der Waals surface area contributed by atoms with Gasteiger partial charge in [-0.1, -0.05) is 42.5 Å². The van der Waals surface area contributed by atoms with Crippen molar-refractivity contribution < 1.29 is 19.1 Å². The van der Waals surface area contributed by atoms with E-state index in [9.17, 15) is 9.59 Å². The van der Waals surface area contributed by atoms with Crippen molar-refractivity contribution in [2.45, 2.75) is 25.4 Å². The van der Waals surface area contributed by atoms with E-state index in [4.69, 9.17) is 9.47 Å². The number of nitrogens with one attached hydrogen (secondary N) is 1. The van der Waals surface area contributed by atoms with Crippen LogP contribution in [0.3, 0.4) is 0 Å². The van der Waals surface area contributed by atoms with Crippen LogP contribution in [0, 0.1) is 0 Å². The molecule has 2 amide bonds. The lowest BCUT2D eigenvalue weighted by atomic mass is 10.0. The van der Waals surface area contributed by atoms with Crippen LogP contribution in [-0.4, -0.2) is 59.9 Å². The summed E-state index contributed by atoms with van der Waals surface area (Å²) >= 11 is 0. The number of amides is 2. The second-order valence-corrected chi connectivity index (χ2v) is 9.37. The summed E-state index contributed by atoms with van der Waals surface area (Å²) in [6, 6.07) is 25.4. The van der Waals surface area contributed by atoms with Crippen LogP contribution in [0.25, 0.3) is 10.9 Å². The molecule has 37 heavy (non-hydrogen) atoms. The molecule has 0 saturated carbocycles. The van der Waals surface area contributed by atoms with E-state index in [-0.39, 0.29) is 24.4 Å². The maximum absolute atomic E-state index is 13.5. The van der Waals surface area contributed by atoms with E-state index in [2.05, 4.69) is 17.1 Å². The number of aryl methyl sites for hydroxylation is 1. The third kappa shape index (κ3) is 5.45. The number of carbonyl (C=O) groups is 2. The van der Waals surface area contributed by atoms with Crippen molar-refractivity contribution in [3.8, 4) is 11.5 Å². The summed E-state index contributed by atoms with van der Waals surface area (Å²) in [5.41, 5.74) is 3.54. The number of nitrogens with zero attached hydrogens (tertiary/aromatic N) is 2. The molecule has 1 atom stereocenters. The second kappa shape index (κ2) is 10.8. The Bertz CT molecular complexity index is 1400. The van der Waals surface area contributed by atoms with Crippen LogP contribution in [0.4, 0.5) is 0 Å². The number of methoxy groups -OCH3 is 2. The van der Waals surface area contributed by atoms with Crippen molar-refractivity contribution in [1.29, 1.82) is 0 Å². The van der Waals surface area contributed by atoms with Gasteiger partial charge in [0.15, 0.2) is 0 Å². The minimum atomic E-state index is -0.172. The van der Waals surface area contributed by atoms with Gasteiger partial charge in [0.05, 0.1) is 20.3 Å². The number of hydrogen-bond acceptors (Lipinski definition) is 4. The van der Waals surface area contributed by atoms with Crippen molar-refractivity contribution in [1.82, 2.24) is 14.8 Å². The maximum atomic E-state index is 13.5. The Morgan fingerprint density at radius 3 is 2.46 bits per heavy atom. The van der Waals surface area contributed by atoms with Crippen LogP contribution in [0.15, 0.2) is 78.9 Å². The molecule has 0 spiro atoms. The molecule has 3 aromatic carbocycles. The topological polar surface area (TPSA) is 74.9 Å². The molecule has 0 unspecified atom stereocenters. The minimum Gasteiger partial charge on any atom is -0.497 e. The highest BCUT2D eigenvalue weighted by Crippen LogP contribution is 2.25. The maximum Gasteiger partial charge on any atom is 0.270 e. The lowest BCUT2D eigenvalue weighted by molar-refractivity contribution is -0.139. The molecule has 1 N–H and O–H groups in total. The van der Waals surface area contributed by atoms with Crippen molar-refractivity contribution in [3.63, 3.8) is 0 Å². The van der Waals surface area contributed by atoms with Gasteiger partial charge in [0.2, 0.25) is 5.91 Å². The molecule has 1 aromatic heterocycles. The van der Waals surface area contributed by atoms with E-state index in [1.807, 2.05) is 71.6 Å². The number of benzene rings is 3. The Kier molecular flexibility index (Phi) is 7.12. The van der Waals surface area contributed by atoms with Crippen molar-refractivity contribution in [3.05, 3.63) is 95.7 Å². The van der Waals surface area contributed by atoms with Gasteiger partial charge in [0.25, 0.3) is 5.91 Å². The number of H-pyrrole nitrogens is 1. The van der Waals surface area contributed by atoms with Gasteiger partial charge in [-0.05, 0) is 60.4 Å². The van der Waals surface area contributed by atoms with Crippen LogP contribution >= 0.6 is 0 Å². The summed E-state index contributed by atoms with van der Waals surface area (Å²) in [6.07, 6.45) is 1.58. The zero-order valence-corrected chi connectivity index (χ0v) is 21.1. The van der Waals surface area contributed by atoms with E-state index in [1.165, 1.54) is 5.56 Å². The quantitative estimate of drug-likeness (QED) is 0.384. The fourth-order valence-corrected chi connectivity index (χ4v) is 4.96. The molecule has 7 heteroatoms. The Morgan fingerprint density at radius 1 is 0.919 bits per heavy atom. The number of aromatic nitrogens is 1. The number of rotatable bonds is 8.